The van der Waals surface area contributed by atoms with E-state index in [9.17, 15) is 16.8 Å². The number of hydrogen-bond acceptors (Lipinski definition) is 5. The van der Waals surface area contributed by atoms with Crippen molar-refractivity contribution in [1.29, 1.82) is 0 Å². The van der Waals surface area contributed by atoms with Gasteiger partial charge in [0.1, 0.15) is 0 Å². The Labute approximate surface area is 138 Å². The molecule has 0 aliphatic carbocycles. The van der Waals surface area contributed by atoms with Gasteiger partial charge in [-0.25, -0.2) is 21.6 Å². The lowest BCUT2D eigenvalue weighted by Gasteiger charge is -2.37. The van der Waals surface area contributed by atoms with Gasteiger partial charge in [-0.1, -0.05) is 0 Å². The van der Waals surface area contributed by atoms with Gasteiger partial charge in [0, 0.05) is 25.2 Å². The molecule has 0 amide bonds. The Bertz CT molecular complexity index is 790. The van der Waals surface area contributed by atoms with Crippen molar-refractivity contribution in [3.63, 3.8) is 0 Å². The number of benzene rings is 1. The molecule has 1 saturated heterocycles. The molecule has 0 saturated carbocycles. The summed E-state index contributed by atoms with van der Waals surface area (Å²) in [5.41, 5.74) is 0.399. The van der Waals surface area contributed by atoms with Gasteiger partial charge in [0.05, 0.1) is 9.79 Å². The van der Waals surface area contributed by atoms with Gasteiger partial charge >= 0.3 is 0 Å². The van der Waals surface area contributed by atoms with Gasteiger partial charge in [0.25, 0.3) is 0 Å². The quantitative estimate of drug-likeness (QED) is 0.803. The lowest BCUT2D eigenvalue weighted by Crippen LogP contribution is -2.57. The van der Waals surface area contributed by atoms with Gasteiger partial charge in [0.15, 0.2) is 0 Å². The smallest absolute Gasteiger partial charge is 0.243 e. The van der Waals surface area contributed by atoms with E-state index in [0.717, 1.165) is 0 Å². The Morgan fingerprint density at radius 2 is 1.87 bits per heavy atom. The average molecular weight is 361 g/mol. The summed E-state index contributed by atoms with van der Waals surface area (Å²) in [7, 11) is -5.94. The number of nitrogens with zero attached hydrogens (tertiary/aromatic N) is 1. The predicted octanol–water partition coefficient (Wildman–Crippen LogP) is 0.274. The molecule has 1 aliphatic heterocycles. The Hall–Kier alpha value is -1.00. The SMILES string of the molecule is CNS(=O)(=O)c1ccc(S(=O)(=O)N2CCNC(C)C2C)cc1C. The first-order valence-electron chi connectivity index (χ1n) is 7.40. The van der Waals surface area contributed by atoms with E-state index in [1.54, 1.807) is 6.92 Å². The minimum atomic E-state index is -3.66. The molecule has 23 heavy (non-hydrogen) atoms. The van der Waals surface area contributed by atoms with Crippen LogP contribution in [0.2, 0.25) is 0 Å². The van der Waals surface area contributed by atoms with Crippen molar-refractivity contribution in [3.8, 4) is 0 Å². The van der Waals surface area contributed by atoms with Gasteiger partial charge in [-0.2, -0.15) is 4.31 Å². The Morgan fingerprint density at radius 3 is 2.43 bits per heavy atom. The molecular weight excluding hydrogens is 338 g/mol. The van der Waals surface area contributed by atoms with Crippen LogP contribution in [0.1, 0.15) is 19.4 Å². The Morgan fingerprint density at radius 1 is 1.22 bits per heavy atom. The molecule has 0 spiro atoms. The molecule has 9 heteroatoms. The second-order valence-electron chi connectivity index (χ2n) is 5.73. The molecular formula is C14H23N3O4S2. The molecule has 1 heterocycles. The van der Waals surface area contributed by atoms with Crippen LogP contribution in [0, 0.1) is 6.92 Å². The maximum atomic E-state index is 12.9. The molecule has 7 nitrogen and oxygen atoms in total. The van der Waals surface area contributed by atoms with Crippen molar-refractivity contribution in [1.82, 2.24) is 14.3 Å². The lowest BCUT2D eigenvalue weighted by atomic mass is 10.1. The zero-order chi connectivity index (χ0) is 17.4. The number of hydrogen-bond donors (Lipinski definition) is 2. The van der Waals surface area contributed by atoms with Crippen LogP contribution in [0.15, 0.2) is 28.0 Å². The van der Waals surface area contributed by atoms with E-state index < -0.39 is 20.0 Å². The minimum absolute atomic E-state index is 0.0589. The largest absolute Gasteiger partial charge is 0.311 e. The van der Waals surface area contributed by atoms with E-state index in [4.69, 9.17) is 0 Å². The van der Waals surface area contributed by atoms with Crippen molar-refractivity contribution in [2.75, 3.05) is 20.1 Å². The molecule has 2 N–H and O–H groups in total. The number of nitrogens with one attached hydrogen (secondary N) is 2. The topological polar surface area (TPSA) is 95.6 Å². The molecule has 2 atom stereocenters. The van der Waals surface area contributed by atoms with Gasteiger partial charge in [-0.3, -0.25) is 0 Å². The minimum Gasteiger partial charge on any atom is -0.311 e. The fourth-order valence-electron chi connectivity index (χ4n) is 2.69. The summed E-state index contributed by atoms with van der Waals surface area (Å²) >= 11 is 0. The fraction of sp³-hybridized carbons (Fsp3) is 0.571. The summed E-state index contributed by atoms with van der Waals surface area (Å²) in [6.45, 7) is 6.38. The summed E-state index contributed by atoms with van der Waals surface area (Å²) in [6, 6.07) is 3.99. The van der Waals surface area contributed by atoms with Crippen molar-refractivity contribution in [3.05, 3.63) is 23.8 Å². The summed E-state index contributed by atoms with van der Waals surface area (Å²) in [5, 5.41) is 3.24. The molecule has 2 rings (SSSR count). The third kappa shape index (κ3) is 3.43. The third-order valence-corrected chi connectivity index (χ3v) is 7.84. The maximum Gasteiger partial charge on any atom is 0.243 e. The Kier molecular flexibility index (Phi) is 5.17. The van der Waals surface area contributed by atoms with Crippen LogP contribution in [0.3, 0.4) is 0 Å². The van der Waals surface area contributed by atoms with Crippen LogP contribution in [-0.4, -0.2) is 53.4 Å². The van der Waals surface area contributed by atoms with Gasteiger partial charge < -0.3 is 5.32 Å². The van der Waals surface area contributed by atoms with Crippen LogP contribution in [0.4, 0.5) is 0 Å². The fourth-order valence-corrected chi connectivity index (χ4v) is 5.43. The summed E-state index contributed by atoms with van der Waals surface area (Å²) in [5.74, 6) is 0. The van der Waals surface area contributed by atoms with E-state index >= 15 is 0 Å². The predicted molar refractivity (Wildman–Crippen MR) is 88.2 cm³/mol. The highest BCUT2D eigenvalue weighted by atomic mass is 32.2. The second-order valence-corrected chi connectivity index (χ2v) is 9.48. The molecule has 1 aromatic rings. The maximum absolute atomic E-state index is 12.9. The van der Waals surface area contributed by atoms with Crippen molar-refractivity contribution < 1.29 is 16.8 Å². The van der Waals surface area contributed by atoms with Crippen LogP contribution < -0.4 is 10.0 Å². The first kappa shape index (κ1) is 18.3. The first-order valence-corrected chi connectivity index (χ1v) is 10.3. The van der Waals surface area contributed by atoms with E-state index in [1.165, 1.54) is 29.6 Å². The van der Waals surface area contributed by atoms with Crippen molar-refractivity contribution in [2.24, 2.45) is 0 Å². The summed E-state index contributed by atoms with van der Waals surface area (Å²) in [4.78, 5) is 0.201. The number of piperazine rings is 1. The van der Waals surface area contributed by atoms with Gasteiger partial charge in [-0.15, -0.1) is 0 Å². The number of sulfonamides is 2. The highest BCUT2D eigenvalue weighted by molar-refractivity contribution is 7.89. The van der Waals surface area contributed by atoms with Crippen LogP contribution >= 0.6 is 0 Å². The molecule has 0 bridgehead atoms. The van der Waals surface area contributed by atoms with Crippen molar-refractivity contribution in [2.45, 2.75) is 42.6 Å². The standard InChI is InChI=1S/C14H23N3O4S2/c1-10-9-13(5-6-14(10)22(18,19)15-4)23(20,21)17-8-7-16-11(2)12(17)3/h5-6,9,11-12,15-16H,7-8H2,1-4H3. The first-order chi connectivity index (χ1) is 10.6. The molecule has 1 aromatic carbocycles. The molecule has 0 radical (unpaired) electrons. The normalized spacial score (nSPS) is 23.8. The summed E-state index contributed by atoms with van der Waals surface area (Å²) in [6.07, 6.45) is 0. The highest BCUT2D eigenvalue weighted by Crippen LogP contribution is 2.25. The zero-order valence-electron chi connectivity index (χ0n) is 13.7. The molecule has 1 aliphatic rings. The molecule has 1 fully saturated rings. The second kappa shape index (κ2) is 6.48. The lowest BCUT2D eigenvalue weighted by molar-refractivity contribution is 0.233. The number of rotatable bonds is 4. The number of aryl methyl sites for hydroxylation is 1. The van der Waals surface area contributed by atoms with Gasteiger partial charge in [0.2, 0.25) is 20.0 Å². The summed E-state index contributed by atoms with van der Waals surface area (Å²) < 4.78 is 53.2. The van der Waals surface area contributed by atoms with E-state index in [1.807, 2.05) is 13.8 Å². The van der Waals surface area contributed by atoms with Crippen LogP contribution in [-0.2, 0) is 20.0 Å². The highest BCUT2D eigenvalue weighted by Gasteiger charge is 2.34. The molecule has 2 unspecified atom stereocenters. The third-order valence-electron chi connectivity index (χ3n) is 4.29. The average Bonchev–Trinajstić information content (AvgIpc) is 2.49. The van der Waals surface area contributed by atoms with Crippen LogP contribution in [0.25, 0.3) is 0 Å². The molecule has 130 valence electrons. The van der Waals surface area contributed by atoms with E-state index in [-0.39, 0.29) is 21.9 Å². The van der Waals surface area contributed by atoms with E-state index in [0.29, 0.717) is 18.7 Å². The van der Waals surface area contributed by atoms with Crippen molar-refractivity contribution >= 4 is 20.0 Å². The monoisotopic (exact) mass is 361 g/mol. The zero-order valence-corrected chi connectivity index (χ0v) is 15.3. The van der Waals surface area contributed by atoms with Gasteiger partial charge in [-0.05, 0) is 51.6 Å². The Balaban J connectivity index is 2.44. The van der Waals surface area contributed by atoms with Crippen LogP contribution in [0.5, 0.6) is 0 Å². The van der Waals surface area contributed by atoms with E-state index in [2.05, 4.69) is 10.0 Å². The molecule has 0 aromatic heterocycles.